The van der Waals surface area contributed by atoms with Crippen molar-refractivity contribution < 1.29 is 69.8 Å². The Morgan fingerprint density at radius 1 is 0.679 bits per heavy atom. The average molecular weight is 815 g/mol. The van der Waals surface area contributed by atoms with Crippen LogP contribution in [0.15, 0.2) is 24.3 Å². The SMILES string of the molecule is CC(C)(C)OC(=O)N1CC[C@@H](Oc2c(N)cc(C(F)(F)F)cc2N)C1.CC(C)(C)OC(=O)N1CC[C@@H](Oc2c([N+](=O)[O-])cc(C(F)(F)F)cc2[N+](=O)[O-])C1.CO. The molecule has 314 valence electrons. The summed E-state index contributed by atoms with van der Waals surface area (Å²) in [4.78, 5) is 46.9. The van der Waals surface area contributed by atoms with E-state index in [2.05, 4.69) is 0 Å². The third-order valence-electron chi connectivity index (χ3n) is 7.41. The van der Waals surface area contributed by atoms with Crippen molar-refractivity contribution in [2.75, 3.05) is 44.8 Å². The number of hydrogen-bond acceptors (Lipinski definition) is 13. The highest BCUT2D eigenvalue weighted by Crippen LogP contribution is 2.44. The predicted molar refractivity (Wildman–Crippen MR) is 187 cm³/mol. The van der Waals surface area contributed by atoms with Crippen molar-refractivity contribution in [3.05, 3.63) is 55.6 Å². The molecule has 5 N–H and O–H groups in total. The van der Waals surface area contributed by atoms with E-state index in [1.54, 1.807) is 41.5 Å². The van der Waals surface area contributed by atoms with Crippen LogP contribution in [0.4, 0.5) is 58.7 Å². The molecule has 4 rings (SSSR count). The highest BCUT2D eigenvalue weighted by atomic mass is 19.4. The van der Waals surface area contributed by atoms with Crippen LogP contribution >= 0.6 is 0 Å². The van der Waals surface area contributed by atoms with E-state index in [-0.39, 0.29) is 55.3 Å². The Morgan fingerprint density at radius 2 is 1.00 bits per heavy atom. The minimum absolute atomic E-state index is 0.00374. The fourth-order valence-electron chi connectivity index (χ4n) is 5.10. The monoisotopic (exact) mass is 814 g/mol. The van der Waals surface area contributed by atoms with Crippen LogP contribution < -0.4 is 20.9 Å². The van der Waals surface area contributed by atoms with E-state index in [9.17, 15) is 56.2 Å². The Labute approximate surface area is 316 Å². The number of likely N-dealkylation sites (tertiary alicyclic amines) is 2. The van der Waals surface area contributed by atoms with Gasteiger partial charge in [-0.05, 0) is 53.7 Å². The first-order valence-corrected chi connectivity index (χ1v) is 16.6. The molecule has 2 atom stereocenters. The van der Waals surface area contributed by atoms with Crippen LogP contribution in [0.3, 0.4) is 0 Å². The molecule has 0 spiro atoms. The molecule has 2 saturated heterocycles. The molecule has 2 amide bonds. The Hall–Kier alpha value is -5.48. The number of nitro groups is 2. The molecule has 2 aromatic rings. The molecule has 23 heteroatoms. The molecule has 0 saturated carbocycles. The van der Waals surface area contributed by atoms with Gasteiger partial charge in [-0.1, -0.05) is 0 Å². The zero-order chi connectivity index (χ0) is 43.1. The number of carbonyl (C=O) groups excluding carboxylic acids is 2. The molecule has 56 heavy (non-hydrogen) atoms. The van der Waals surface area contributed by atoms with Gasteiger partial charge in [-0.25, -0.2) is 9.59 Å². The van der Waals surface area contributed by atoms with Crippen LogP contribution in [-0.4, -0.2) is 93.6 Å². The first kappa shape index (κ1) is 46.7. The minimum atomic E-state index is -5.02. The van der Waals surface area contributed by atoms with Crippen LogP contribution in [-0.2, 0) is 21.8 Å². The van der Waals surface area contributed by atoms with Gasteiger partial charge < -0.3 is 45.3 Å². The largest absolute Gasteiger partial charge is 0.484 e. The normalized spacial score (nSPS) is 17.2. The number of nitrogens with two attached hydrogens (primary N) is 2. The lowest BCUT2D eigenvalue weighted by Gasteiger charge is -2.24. The van der Waals surface area contributed by atoms with Gasteiger partial charge in [0.2, 0.25) is 0 Å². The second-order valence-electron chi connectivity index (χ2n) is 14.2. The number of nitrogens with zero attached hydrogens (tertiary/aromatic N) is 4. The number of halogens is 6. The molecule has 2 aliphatic heterocycles. The minimum Gasteiger partial charge on any atom is -0.484 e. The number of anilines is 2. The Kier molecular flexibility index (Phi) is 15.0. The highest BCUT2D eigenvalue weighted by Gasteiger charge is 2.41. The lowest BCUT2D eigenvalue weighted by molar-refractivity contribution is -0.396. The molecule has 2 heterocycles. The molecule has 2 aromatic carbocycles. The Balaban J connectivity index is 0.000000374. The summed E-state index contributed by atoms with van der Waals surface area (Å²) < 4.78 is 98.5. The van der Waals surface area contributed by atoms with Gasteiger partial charge in [0.1, 0.15) is 23.4 Å². The van der Waals surface area contributed by atoms with E-state index in [1.165, 1.54) is 9.80 Å². The number of amides is 2. The standard InChI is InChI=1S/C16H18F3N3O7.C16H22F3N3O3.CH4O/c1-15(2,3)29-14(23)20-5-4-10(8-20)28-13-11(21(24)25)6-9(16(17,18)19)7-12(13)22(26)27;1-15(2,3)25-14(23)22-5-4-10(8-22)24-13-11(20)6-9(7-12(13)21)16(17,18)19;1-2/h6-7,10H,4-5,8H2,1-3H3;6-7,10H,4-5,8,20-21H2,1-3H3;2H,1H3/t2*10-;/m11./s1. The number of alkyl halides is 6. The molecule has 0 radical (unpaired) electrons. The number of carbonyl (C=O) groups is 2. The Bertz CT molecular complexity index is 1690. The number of aliphatic hydroxyl groups is 1. The van der Waals surface area contributed by atoms with E-state index >= 15 is 0 Å². The zero-order valence-electron chi connectivity index (χ0n) is 31.4. The number of ether oxygens (including phenoxy) is 4. The van der Waals surface area contributed by atoms with Gasteiger partial charge in [-0.2, -0.15) is 26.3 Å². The van der Waals surface area contributed by atoms with Gasteiger partial charge in [0, 0.05) is 45.2 Å². The van der Waals surface area contributed by atoms with Crippen LogP contribution in [0.2, 0.25) is 0 Å². The number of hydrogen-bond donors (Lipinski definition) is 3. The van der Waals surface area contributed by atoms with Crippen molar-refractivity contribution in [1.82, 2.24) is 9.80 Å². The number of aliphatic hydroxyl groups excluding tert-OH is 1. The summed E-state index contributed by atoms with van der Waals surface area (Å²) in [6.45, 7) is 11.0. The molecule has 17 nitrogen and oxygen atoms in total. The maximum Gasteiger partial charge on any atom is 0.416 e. The van der Waals surface area contributed by atoms with Crippen molar-refractivity contribution in [2.24, 2.45) is 0 Å². The maximum absolute atomic E-state index is 12.9. The van der Waals surface area contributed by atoms with Crippen molar-refractivity contribution in [3.63, 3.8) is 0 Å². The van der Waals surface area contributed by atoms with Crippen molar-refractivity contribution in [1.29, 1.82) is 0 Å². The van der Waals surface area contributed by atoms with Gasteiger partial charge >= 0.3 is 35.9 Å². The molecule has 2 fully saturated rings. The maximum atomic E-state index is 12.9. The second kappa shape index (κ2) is 18.0. The van der Waals surface area contributed by atoms with Crippen molar-refractivity contribution in [3.8, 4) is 11.5 Å². The summed E-state index contributed by atoms with van der Waals surface area (Å²) in [5.41, 5.74) is 4.74. The van der Waals surface area contributed by atoms with Crippen LogP contribution in [0.25, 0.3) is 0 Å². The molecular weight excluding hydrogens is 770 g/mol. The lowest BCUT2D eigenvalue weighted by Crippen LogP contribution is -2.36. The third kappa shape index (κ3) is 13.4. The van der Waals surface area contributed by atoms with E-state index in [1.807, 2.05) is 0 Å². The fourth-order valence-corrected chi connectivity index (χ4v) is 5.10. The van der Waals surface area contributed by atoms with Gasteiger partial charge in [0.25, 0.3) is 5.75 Å². The molecular formula is C33H44F6N6O11. The van der Waals surface area contributed by atoms with Crippen molar-refractivity contribution in [2.45, 2.75) is 90.1 Å². The van der Waals surface area contributed by atoms with E-state index in [0.717, 1.165) is 19.2 Å². The fraction of sp³-hybridized carbons (Fsp3) is 0.576. The molecule has 0 bridgehead atoms. The number of nitrogen functional groups attached to an aromatic ring is 2. The first-order valence-electron chi connectivity index (χ1n) is 16.6. The molecule has 2 aliphatic rings. The highest BCUT2D eigenvalue weighted by molar-refractivity contribution is 5.70. The lowest BCUT2D eigenvalue weighted by atomic mass is 10.1. The summed E-state index contributed by atoms with van der Waals surface area (Å²) in [7, 11) is 1.00. The van der Waals surface area contributed by atoms with Gasteiger partial charge in [0.15, 0.2) is 5.75 Å². The molecule has 0 unspecified atom stereocenters. The molecule has 0 aromatic heterocycles. The smallest absolute Gasteiger partial charge is 0.416 e. The van der Waals surface area contributed by atoms with Gasteiger partial charge in [0.05, 0.1) is 45.4 Å². The number of rotatable bonds is 6. The molecule has 0 aliphatic carbocycles. The van der Waals surface area contributed by atoms with Crippen molar-refractivity contribution >= 4 is 34.9 Å². The van der Waals surface area contributed by atoms with Gasteiger partial charge in [-0.3, -0.25) is 20.2 Å². The number of nitro benzene ring substituents is 2. The van der Waals surface area contributed by atoms with Crippen LogP contribution in [0.1, 0.15) is 65.5 Å². The van der Waals surface area contributed by atoms with Gasteiger partial charge in [-0.15, -0.1) is 0 Å². The second-order valence-corrected chi connectivity index (χ2v) is 14.2. The quantitative estimate of drug-likeness (QED) is 0.118. The summed E-state index contributed by atoms with van der Waals surface area (Å²) in [5.74, 6) is -0.881. The zero-order valence-corrected chi connectivity index (χ0v) is 31.4. The summed E-state index contributed by atoms with van der Waals surface area (Å²) in [6, 6.07) is 1.93. The third-order valence-corrected chi connectivity index (χ3v) is 7.41. The average Bonchev–Trinajstić information content (AvgIpc) is 3.71. The van der Waals surface area contributed by atoms with E-state index in [4.69, 9.17) is 35.5 Å². The number of benzene rings is 2. The Morgan fingerprint density at radius 3 is 1.30 bits per heavy atom. The predicted octanol–water partition coefficient (Wildman–Crippen LogP) is 6.78. The van der Waals surface area contributed by atoms with Crippen LogP contribution in [0.5, 0.6) is 11.5 Å². The summed E-state index contributed by atoms with van der Waals surface area (Å²) >= 11 is 0. The van der Waals surface area contributed by atoms with E-state index < -0.39 is 86.0 Å². The summed E-state index contributed by atoms with van der Waals surface area (Å²) in [5, 5.41) is 29.5. The summed E-state index contributed by atoms with van der Waals surface area (Å²) in [6.07, 6.45) is -11.3. The van der Waals surface area contributed by atoms with E-state index in [0.29, 0.717) is 13.0 Å². The van der Waals surface area contributed by atoms with Crippen LogP contribution in [0, 0.1) is 20.2 Å². The first-order chi connectivity index (χ1) is 25.6. The topological polar surface area (TPSA) is 236 Å².